The van der Waals surface area contributed by atoms with Gasteiger partial charge >= 0.3 is 5.97 Å². The Bertz CT molecular complexity index is 1840. The summed E-state index contributed by atoms with van der Waals surface area (Å²) in [6.07, 6.45) is 82.1. The Morgan fingerprint density at radius 3 is 1.13 bits per heavy atom. The van der Waals surface area contributed by atoms with E-state index in [0.29, 0.717) is 12.8 Å². The largest absolute Gasteiger partial charge is 0.454 e. The lowest BCUT2D eigenvalue weighted by atomic mass is 9.99. The predicted octanol–water partition coefficient (Wildman–Crippen LogP) is 21.2. The van der Waals surface area contributed by atoms with E-state index < -0.39 is 67.4 Å². The molecule has 8 atom stereocenters. The van der Waals surface area contributed by atoms with Gasteiger partial charge in [-0.15, -0.1) is 0 Å². The number of carbonyl (C=O) groups excluding carboxylic acids is 2. The first-order valence-electron chi connectivity index (χ1n) is 39.4. The Kier molecular flexibility index (Phi) is 65.0. The molecule has 6 N–H and O–H groups in total. The number of allylic oxidation sites excluding steroid dienone is 13. The van der Waals surface area contributed by atoms with Gasteiger partial charge in [0.2, 0.25) is 5.91 Å². The van der Waals surface area contributed by atoms with Crippen molar-refractivity contribution in [1.82, 2.24) is 5.32 Å². The molecule has 1 aliphatic heterocycles. The minimum absolute atomic E-state index is 0.122. The topological polar surface area (TPSA) is 175 Å². The molecule has 0 aromatic heterocycles. The lowest BCUT2D eigenvalue weighted by molar-refractivity contribution is -0.305. The maximum atomic E-state index is 13.5. The fourth-order valence-electron chi connectivity index (χ4n) is 12.1. The fraction of sp³-hybridized carbons (Fsp3) is 0.805. The third-order valence-corrected chi connectivity index (χ3v) is 18.3. The van der Waals surface area contributed by atoms with Crippen LogP contribution in [0.2, 0.25) is 0 Å². The predicted molar refractivity (Wildman–Crippen MR) is 393 cm³/mol. The summed E-state index contributed by atoms with van der Waals surface area (Å²) in [6, 6.07) is -1.03. The van der Waals surface area contributed by atoms with E-state index in [2.05, 4.69) is 99.0 Å². The van der Waals surface area contributed by atoms with Gasteiger partial charge in [0.1, 0.15) is 24.4 Å². The third-order valence-electron chi connectivity index (χ3n) is 18.3. The molecule has 1 amide bonds. The molecule has 1 rings (SSSR count). The number of carbonyl (C=O) groups is 2. The van der Waals surface area contributed by atoms with Gasteiger partial charge in [0.05, 0.1) is 25.4 Å². The van der Waals surface area contributed by atoms with Crippen molar-refractivity contribution in [2.45, 2.75) is 410 Å². The molecule has 11 heteroatoms. The van der Waals surface area contributed by atoms with Crippen LogP contribution in [0.1, 0.15) is 361 Å². The lowest BCUT2D eigenvalue weighted by Crippen LogP contribution is -2.61. The van der Waals surface area contributed by atoms with Crippen LogP contribution in [0.4, 0.5) is 0 Å². The SMILES string of the molecule is CCCCC/C=C\C/C=C\C/C=C\CCCCCCCCCCCCCCCCC(=O)OC1C(OCC(NC(=O)C(O)CCCCCCCCCCCCCCC/C=C\C/C=C\C/C=C\CCCCC)C(O)/C=C/CCCCCCCCCCC)OC(CO)C(O)C1O. The van der Waals surface area contributed by atoms with Crippen molar-refractivity contribution in [2.75, 3.05) is 13.2 Å². The number of aliphatic hydroxyl groups excluding tert-OH is 5. The zero-order valence-corrected chi connectivity index (χ0v) is 60.4. The number of esters is 1. The highest BCUT2D eigenvalue weighted by Crippen LogP contribution is 2.27. The van der Waals surface area contributed by atoms with Crippen LogP contribution in [0.25, 0.3) is 0 Å². The maximum Gasteiger partial charge on any atom is 0.306 e. The Hall–Kier alpha value is -3.16. The molecule has 0 spiro atoms. The van der Waals surface area contributed by atoms with Crippen LogP contribution in [-0.2, 0) is 23.8 Å². The van der Waals surface area contributed by atoms with E-state index in [1.165, 1.54) is 231 Å². The van der Waals surface area contributed by atoms with E-state index in [-0.39, 0.29) is 19.4 Å². The van der Waals surface area contributed by atoms with Gasteiger partial charge in [0.15, 0.2) is 12.4 Å². The van der Waals surface area contributed by atoms with Crippen LogP contribution in [0.5, 0.6) is 0 Å². The molecule has 540 valence electrons. The summed E-state index contributed by atoms with van der Waals surface area (Å²) in [4.78, 5) is 26.8. The zero-order valence-electron chi connectivity index (χ0n) is 60.4. The smallest absolute Gasteiger partial charge is 0.306 e. The summed E-state index contributed by atoms with van der Waals surface area (Å²) >= 11 is 0. The highest BCUT2D eigenvalue weighted by molar-refractivity contribution is 5.80. The summed E-state index contributed by atoms with van der Waals surface area (Å²) in [5.74, 6) is -1.19. The number of nitrogens with one attached hydrogen (secondary N) is 1. The standard InChI is InChI=1S/C82H147NO10/c1-4-7-10-13-16-19-22-24-26-28-30-32-34-36-38-40-42-44-46-48-50-52-55-58-61-64-67-70-77(87)93-80-79(89)78(88)76(71-84)92-82(80)91-72-73(74(85)68-65-62-59-56-53-21-18-15-12-9-6-3)83-81(90)75(86)69-66-63-60-57-54-51-49-47-45-43-41-39-37-35-33-31-29-27-25-23-20-17-14-11-8-5-2/h16-17,19-20,24-27,30-33,65,68,73-76,78-80,82,84-86,88-89H,4-15,18,21-23,28-29,34-64,66-67,69-72H2,1-3H3,(H,83,90)/b19-16-,20-17-,26-24-,27-25-,32-30-,33-31-,68-65+. The van der Waals surface area contributed by atoms with E-state index in [1.54, 1.807) is 6.08 Å². The molecule has 1 heterocycles. The summed E-state index contributed by atoms with van der Waals surface area (Å²) in [6.45, 7) is 5.78. The Labute approximate surface area is 572 Å². The molecule has 1 saturated heterocycles. The minimum Gasteiger partial charge on any atom is -0.454 e. The first-order valence-corrected chi connectivity index (χ1v) is 39.4. The van der Waals surface area contributed by atoms with Crippen LogP contribution in [0.15, 0.2) is 85.1 Å². The number of hydrogen-bond donors (Lipinski definition) is 6. The highest BCUT2D eigenvalue weighted by Gasteiger charge is 2.47. The van der Waals surface area contributed by atoms with Crippen LogP contribution >= 0.6 is 0 Å². The minimum atomic E-state index is -1.62. The first kappa shape index (κ1) is 87.9. The number of aliphatic hydroxyl groups is 5. The van der Waals surface area contributed by atoms with Crippen molar-refractivity contribution in [2.24, 2.45) is 0 Å². The lowest BCUT2D eigenvalue weighted by Gasteiger charge is -2.41. The molecule has 1 fully saturated rings. The molecule has 0 radical (unpaired) electrons. The maximum absolute atomic E-state index is 13.5. The Morgan fingerprint density at radius 2 is 0.742 bits per heavy atom. The number of unbranched alkanes of at least 4 members (excludes halogenated alkanes) is 42. The monoisotopic (exact) mass is 1310 g/mol. The summed E-state index contributed by atoms with van der Waals surface area (Å²) in [7, 11) is 0. The van der Waals surface area contributed by atoms with E-state index in [4.69, 9.17) is 14.2 Å². The van der Waals surface area contributed by atoms with Gasteiger partial charge < -0.3 is 45.1 Å². The van der Waals surface area contributed by atoms with Crippen molar-refractivity contribution in [1.29, 1.82) is 0 Å². The van der Waals surface area contributed by atoms with Crippen molar-refractivity contribution < 1.29 is 49.3 Å². The molecular formula is C82H147NO10. The number of rotatable bonds is 68. The van der Waals surface area contributed by atoms with Crippen molar-refractivity contribution in [3.8, 4) is 0 Å². The molecule has 0 aliphatic carbocycles. The van der Waals surface area contributed by atoms with Gasteiger partial charge in [0.25, 0.3) is 0 Å². The third kappa shape index (κ3) is 55.5. The quantitative estimate of drug-likeness (QED) is 0.0195. The van der Waals surface area contributed by atoms with Gasteiger partial charge in [-0.1, -0.05) is 337 Å². The Morgan fingerprint density at radius 1 is 0.419 bits per heavy atom. The number of hydrogen-bond acceptors (Lipinski definition) is 10. The molecule has 93 heavy (non-hydrogen) atoms. The van der Waals surface area contributed by atoms with E-state index in [0.717, 1.165) is 83.5 Å². The molecule has 11 nitrogen and oxygen atoms in total. The van der Waals surface area contributed by atoms with Crippen LogP contribution < -0.4 is 5.32 Å². The molecule has 0 aromatic rings. The van der Waals surface area contributed by atoms with E-state index >= 15 is 0 Å². The van der Waals surface area contributed by atoms with E-state index in [9.17, 15) is 35.1 Å². The van der Waals surface area contributed by atoms with Gasteiger partial charge in [-0.25, -0.2) is 0 Å². The van der Waals surface area contributed by atoms with Gasteiger partial charge in [0, 0.05) is 6.42 Å². The molecule has 8 unspecified atom stereocenters. The second-order valence-corrected chi connectivity index (χ2v) is 27.1. The average Bonchev–Trinajstić information content (AvgIpc) is 0.842. The summed E-state index contributed by atoms with van der Waals surface area (Å²) < 4.78 is 17.7. The Balaban J connectivity index is 2.48. The summed E-state index contributed by atoms with van der Waals surface area (Å²) in [5, 5.41) is 57.4. The summed E-state index contributed by atoms with van der Waals surface area (Å²) in [5.41, 5.74) is 0. The second-order valence-electron chi connectivity index (χ2n) is 27.1. The van der Waals surface area contributed by atoms with Crippen LogP contribution in [-0.4, -0.2) is 99.6 Å². The van der Waals surface area contributed by atoms with Crippen LogP contribution in [0, 0.1) is 0 Å². The normalized spacial score (nSPS) is 18.3. The molecule has 0 aromatic carbocycles. The van der Waals surface area contributed by atoms with E-state index in [1.807, 2.05) is 6.08 Å². The average molecular weight is 1310 g/mol. The molecule has 1 aliphatic rings. The van der Waals surface area contributed by atoms with Crippen LogP contribution in [0.3, 0.4) is 0 Å². The second kappa shape index (κ2) is 68.8. The molecule has 0 bridgehead atoms. The molecular weight excluding hydrogens is 1160 g/mol. The number of amides is 1. The van der Waals surface area contributed by atoms with Gasteiger partial charge in [-0.05, 0) is 103 Å². The van der Waals surface area contributed by atoms with Crippen molar-refractivity contribution >= 4 is 11.9 Å². The van der Waals surface area contributed by atoms with Crippen molar-refractivity contribution in [3.05, 3.63) is 85.1 Å². The first-order chi connectivity index (χ1) is 45.7. The number of ether oxygens (including phenoxy) is 3. The van der Waals surface area contributed by atoms with Gasteiger partial charge in [-0.2, -0.15) is 0 Å². The van der Waals surface area contributed by atoms with Gasteiger partial charge in [-0.3, -0.25) is 9.59 Å². The zero-order chi connectivity index (χ0) is 67.4. The highest BCUT2D eigenvalue weighted by atomic mass is 16.7. The fourth-order valence-corrected chi connectivity index (χ4v) is 12.1. The molecule has 0 saturated carbocycles. The van der Waals surface area contributed by atoms with Crippen molar-refractivity contribution in [3.63, 3.8) is 0 Å².